The van der Waals surface area contributed by atoms with Gasteiger partial charge in [0.1, 0.15) is 11.6 Å². The fraction of sp³-hybridized carbons (Fsp3) is 0.118. The SMILES string of the molecule is CNC(=O)c1c(-c2ccc(F)cc2)sc2ccc(OS(=O)(=O)C(F)(F)F)cc12. The zero-order valence-corrected chi connectivity index (χ0v) is 15.6. The van der Waals surface area contributed by atoms with E-state index in [1.165, 1.54) is 37.4 Å². The van der Waals surface area contributed by atoms with Gasteiger partial charge in [-0.2, -0.15) is 21.6 Å². The first kappa shape index (κ1) is 20.1. The second-order valence-corrected chi connectivity index (χ2v) is 8.12. The summed E-state index contributed by atoms with van der Waals surface area (Å²) in [7, 11) is -4.48. The molecule has 0 saturated heterocycles. The Morgan fingerprint density at radius 3 is 2.32 bits per heavy atom. The van der Waals surface area contributed by atoms with Crippen LogP contribution in [0.1, 0.15) is 10.4 Å². The molecule has 1 N–H and O–H groups in total. The molecule has 3 aromatic rings. The van der Waals surface area contributed by atoms with Crippen molar-refractivity contribution in [2.45, 2.75) is 5.51 Å². The Bertz CT molecular complexity index is 1150. The zero-order valence-electron chi connectivity index (χ0n) is 14.0. The number of rotatable bonds is 4. The Morgan fingerprint density at radius 1 is 1.11 bits per heavy atom. The maximum atomic E-state index is 13.2. The van der Waals surface area contributed by atoms with Gasteiger partial charge in [0.2, 0.25) is 0 Å². The van der Waals surface area contributed by atoms with Crippen molar-refractivity contribution in [3.63, 3.8) is 0 Å². The highest BCUT2D eigenvalue weighted by Crippen LogP contribution is 2.40. The molecule has 0 radical (unpaired) electrons. The Balaban J connectivity index is 2.17. The van der Waals surface area contributed by atoms with Crippen molar-refractivity contribution in [1.29, 1.82) is 0 Å². The summed E-state index contributed by atoms with van der Waals surface area (Å²) in [6.07, 6.45) is 0. The van der Waals surface area contributed by atoms with Crippen molar-refractivity contribution in [3.05, 3.63) is 53.8 Å². The van der Waals surface area contributed by atoms with Gasteiger partial charge in [-0.25, -0.2) is 4.39 Å². The Morgan fingerprint density at radius 2 is 1.75 bits per heavy atom. The summed E-state index contributed by atoms with van der Waals surface area (Å²) in [5, 5.41) is 2.63. The molecule has 1 aromatic heterocycles. The van der Waals surface area contributed by atoms with Crippen LogP contribution in [-0.2, 0) is 10.1 Å². The summed E-state index contributed by atoms with van der Waals surface area (Å²) in [4.78, 5) is 12.8. The first-order chi connectivity index (χ1) is 13.0. The minimum atomic E-state index is -5.85. The van der Waals surface area contributed by atoms with E-state index in [4.69, 9.17) is 0 Å². The third kappa shape index (κ3) is 3.67. The van der Waals surface area contributed by atoms with Gasteiger partial charge in [-0.1, -0.05) is 12.1 Å². The summed E-state index contributed by atoms with van der Waals surface area (Å²) in [5.74, 6) is -1.60. The average Bonchev–Trinajstić information content (AvgIpc) is 2.99. The standard InChI is InChI=1S/C17H11F4NO4S2/c1-22-16(23)14-12-8-11(26-28(24,25)17(19,20)21)6-7-13(12)27-15(14)9-2-4-10(18)5-3-9/h2-8H,1H3,(H,22,23). The van der Waals surface area contributed by atoms with Crippen LogP contribution >= 0.6 is 11.3 Å². The number of nitrogens with one attached hydrogen (secondary N) is 1. The molecule has 0 unspecified atom stereocenters. The second-order valence-electron chi connectivity index (χ2n) is 5.53. The largest absolute Gasteiger partial charge is 0.534 e. The normalized spacial score (nSPS) is 12.2. The van der Waals surface area contributed by atoms with Gasteiger partial charge < -0.3 is 9.50 Å². The lowest BCUT2D eigenvalue weighted by Gasteiger charge is -2.09. The number of amides is 1. The van der Waals surface area contributed by atoms with E-state index >= 15 is 0 Å². The minimum Gasteiger partial charge on any atom is -0.376 e. The van der Waals surface area contributed by atoms with Crippen molar-refractivity contribution in [2.24, 2.45) is 0 Å². The highest BCUT2D eigenvalue weighted by Gasteiger charge is 2.48. The zero-order chi connectivity index (χ0) is 20.7. The van der Waals surface area contributed by atoms with Gasteiger partial charge in [0.25, 0.3) is 5.91 Å². The van der Waals surface area contributed by atoms with E-state index in [0.29, 0.717) is 15.1 Å². The van der Waals surface area contributed by atoms with Gasteiger partial charge >= 0.3 is 15.6 Å². The number of halogens is 4. The van der Waals surface area contributed by atoms with Crippen LogP contribution in [-0.4, -0.2) is 26.9 Å². The third-order valence-electron chi connectivity index (χ3n) is 3.71. The van der Waals surface area contributed by atoms with Crippen LogP contribution in [0.25, 0.3) is 20.5 Å². The number of alkyl halides is 3. The van der Waals surface area contributed by atoms with Crippen LogP contribution in [0.15, 0.2) is 42.5 Å². The number of hydrogen-bond donors (Lipinski definition) is 1. The van der Waals surface area contributed by atoms with Crippen LogP contribution < -0.4 is 9.50 Å². The van der Waals surface area contributed by atoms with Gasteiger partial charge in [0, 0.05) is 22.0 Å². The van der Waals surface area contributed by atoms with Crippen molar-refractivity contribution in [3.8, 4) is 16.2 Å². The van der Waals surface area contributed by atoms with E-state index in [1.54, 1.807) is 0 Å². The quantitative estimate of drug-likeness (QED) is 0.378. The molecule has 0 fully saturated rings. The number of carbonyl (C=O) groups excluding carboxylic acids is 1. The van der Waals surface area contributed by atoms with Gasteiger partial charge in [0.05, 0.1) is 5.56 Å². The lowest BCUT2D eigenvalue weighted by atomic mass is 10.0. The van der Waals surface area contributed by atoms with Gasteiger partial charge in [0.15, 0.2) is 0 Å². The van der Waals surface area contributed by atoms with Crippen LogP contribution in [0, 0.1) is 5.82 Å². The molecule has 0 aliphatic heterocycles. The van der Waals surface area contributed by atoms with Crippen molar-refractivity contribution < 1.29 is 35.0 Å². The molecule has 0 bridgehead atoms. The summed E-state index contributed by atoms with van der Waals surface area (Å²) >= 11 is 1.15. The Kier molecular flexibility index (Phi) is 5.06. The predicted octanol–water partition coefficient (Wildman–Crippen LogP) is 4.30. The fourth-order valence-electron chi connectivity index (χ4n) is 2.46. The van der Waals surface area contributed by atoms with E-state index in [-0.39, 0.29) is 10.9 Å². The smallest absolute Gasteiger partial charge is 0.376 e. The molecule has 2 aromatic carbocycles. The van der Waals surface area contributed by atoms with Crippen LogP contribution in [0.4, 0.5) is 17.6 Å². The molecular formula is C17H11F4NO4S2. The highest BCUT2D eigenvalue weighted by atomic mass is 32.2. The number of fused-ring (bicyclic) bond motifs is 1. The minimum absolute atomic E-state index is 0.115. The van der Waals surface area contributed by atoms with Crippen LogP contribution in [0.3, 0.4) is 0 Å². The lowest BCUT2D eigenvalue weighted by molar-refractivity contribution is -0.0500. The van der Waals surface area contributed by atoms with Crippen LogP contribution in [0.2, 0.25) is 0 Å². The lowest BCUT2D eigenvalue weighted by Crippen LogP contribution is -2.28. The number of hydrogen-bond acceptors (Lipinski definition) is 5. The topological polar surface area (TPSA) is 72.5 Å². The molecule has 148 valence electrons. The van der Waals surface area contributed by atoms with Crippen molar-refractivity contribution in [2.75, 3.05) is 7.05 Å². The van der Waals surface area contributed by atoms with E-state index in [0.717, 1.165) is 23.5 Å². The summed E-state index contributed by atoms with van der Waals surface area (Å²) in [6, 6.07) is 8.78. The predicted molar refractivity (Wildman–Crippen MR) is 96.2 cm³/mol. The van der Waals surface area contributed by atoms with Gasteiger partial charge in [-0.3, -0.25) is 4.79 Å². The summed E-state index contributed by atoms with van der Waals surface area (Å²) < 4.78 is 78.0. The number of carbonyl (C=O) groups is 1. The highest BCUT2D eigenvalue weighted by molar-refractivity contribution is 7.88. The summed E-state index contributed by atoms with van der Waals surface area (Å²) in [5.41, 5.74) is -4.95. The molecule has 1 amide bonds. The van der Waals surface area contributed by atoms with E-state index in [2.05, 4.69) is 9.50 Å². The third-order valence-corrected chi connectivity index (χ3v) is 5.91. The number of benzene rings is 2. The van der Waals surface area contributed by atoms with E-state index < -0.39 is 33.1 Å². The molecule has 0 atom stereocenters. The molecule has 3 rings (SSSR count). The molecule has 0 aliphatic carbocycles. The molecule has 0 aliphatic rings. The Labute approximate surface area is 160 Å². The van der Waals surface area contributed by atoms with Gasteiger partial charge in [-0.15, -0.1) is 11.3 Å². The summed E-state index contributed by atoms with van der Waals surface area (Å²) in [6.45, 7) is 0. The van der Waals surface area contributed by atoms with E-state index in [1.807, 2.05) is 0 Å². The Hall–Kier alpha value is -2.66. The fourth-order valence-corrected chi connectivity index (χ4v) is 4.09. The number of thiophene rings is 1. The molecule has 0 spiro atoms. The average molecular weight is 433 g/mol. The monoisotopic (exact) mass is 433 g/mol. The van der Waals surface area contributed by atoms with Crippen molar-refractivity contribution in [1.82, 2.24) is 5.32 Å². The molecule has 0 saturated carbocycles. The van der Waals surface area contributed by atoms with Crippen LogP contribution in [0.5, 0.6) is 5.75 Å². The van der Waals surface area contributed by atoms with Gasteiger partial charge in [-0.05, 0) is 35.9 Å². The van der Waals surface area contributed by atoms with E-state index in [9.17, 15) is 30.8 Å². The maximum Gasteiger partial charge on any atom is 0.534 e. The molecule has 5 nitrogen and oxygen atoms in total. The maximum absolute atomic E-state index is 13.2. The first-order valence-electron chi connectivity index (χ1n) is 7.59. The second kappa shape index (κ2) is 7.06. The molecule has 28 heavy (non-hydrogen) atoms. The van der Waals surface area contributed by atoms with Crippen molar-refractivity contribution >= 4 is 37.4 Å². The first-order valence-corrected chi connectivity index (χ1v) is 9.81. The molecule has 1 heterocycles. The molecule has 11 heteroatoms. The molecular weight excluding hydrogens is 422 g/mol.